The molecule has 3 rings (SSSR count). The van der Waals surface area contributed by atoms with Crippen molar-refractivity contribution in [1.29, 1.82) is 0 Å². The number of ether oxygens (including phenoxy) is 2. The van der Waals surface area contributed by atoms with Gasteiger partial charge in [0.1, 0.15) is 0 Å². The van der Waals surface area contributed by atoms with Gasteiger partial charge in [-0.1, -0.05) is 11.6 Å². The number of fused-ring (bicyclic) bond motifs is 1. The van der Waals surface area contributed by atoms with Crippen LogP contribution in [0, 0.1) is 5.41 Å². The third-order valence-electron chi connectivity index (χ3n) is 3.86. The van der Waals surface area contributed by atoms with Crippen LogP contribution in [0.15, 0.2) is 12.1 Å². The molecule has 6 heteroatoms. The fourth-order valence-electron chi connectivity index (χ4n) is 2.54. The Morgan fingerprint density at radius 3 is 2.85 bits per heavy atom. The number of rotatable bonds is 2. The highest BCUT2D eigenvalue weighted by atomic mass is 35.5. The molecule has 1 atom stereocenters. The van der Waals surface area contributed by atoms with E-state index in [-0.39, 0.29) is 12.7 Å². The summed E-state index contributed by atoms with van der Waals surface area (Å²) in [6.45, 7) is 3.80. The third-order valence-corrected chi connectivity index (χ3v) is 4.17. The maximum absolute atomic E-state index is 12.5. The second-order valence-electron chi connectivity index (χ2n) is 5.48. The number of anilines is 1. The minimum absolute atomic E-state index is 0.0227. The smallest absolute Gasteiger partial charge is 0.231 e. The first kappa shape index (κ1) is 13.5. The van der Waals surface area contributed by atoms with Gasteiger partial charge in [-0.25, -0.2) is 0 Å². The molecule has 2 aliphatic rings. The predicted molar refractivity (Wildman–Crippen MR) is 76.4 cm³/mol. The van der Waals surface area contributed by atoms with E-state index in [2.05, 4.69) is 10.6 Å². The SMILES string of the molecule is CC1(C(=O)Nc2cc3c(cc2Cl)OCO3)CCCNC1. The Hall–Kier alpha value is -1.46. The molecule has 0 bridgehead atoms. The molecule has 5 nitrogen and oxygen atoms in total. The van der Waals surface area contributed by atoms with E-state index in [1.54, 1.807) is 12.1 Å². The summed E-state index contributed by atoms with van der Waals surface area (Å²) >= 11 is 6.17. The molecular weight excluding hydrogens is 280 g/mol. The molecule has 2 aliphatic heterocycles. The van der Waals surface area contributed by atoms with Crippen LogP contribution in [0.25, 0.3) is 0 Å². The van der Waals surface area contributed by atoms with E-state index in [4.69, 9.17) is 21.1 Å². The number of benzene rings is 1. The Balaban J connectivity index is 1.79. The van der Waals surface area contributed by atoms with Crippen molar-refractivity contribution >= 4 is 23.2 Å². The fraction of sp³-hybridized carbons (Fsp3) is 0.500. The first-order valence-corrected chi connectivity index (χ1v) is 7.08. The van der Waals surface area contributed by atoms with Gasteiger partial charge in [-0.2, -0.15) is 0 Å². The van der Waals surface area contributed by atoms with E-state index >= 15 is 0 Å². The maximum atomic E-state index is 12.5. The lowest BCUT2D eigenvalue weighted by atomic mass is 9.82. The van der Waals surface area contributed by atoms with Crippen molar-refractivity contribution in [2.75, 3.05) is 25.2 Å². The molecule has 0 aromatic heterocycles. The number of hydrogen-bond donors (Lipinski definition) is 2. The molecule has 0 aliphatic carbocycles. The van der Waals surface area contributed by atoms with Gasteiger partial charge in [-0.3, -0.25) is 4.79 Å². The number of hydrogen-bond acceptors (Lipinski definition) is 4. The van der Waals surface area contributed by atoms with Gasteiger partial charge in [0, 0.05) is 18.7 Å². The predicted octanol–water partition coefficient (Wildman–Crippen LogP) is 2.40. The molecule has 1 amide bonds. The van der Waals surface area contributed by atoms with Crippen molar-refractivity contribution in [3.05, 3.63) is 17.2 Å². The summed E-state index contributed by atoms with van der Waals surface area (Å²) in [6, 6.07) is 3.38. The summed E-state index contributed by atoms with van der Waals surface area (Å²) in [4.78, 5) is 12.5. The molecule has 108 valence electrons. The van der Waals surface area contributed by atoms with Crippen LogP contribution >= 0.6 is 11.6 Å². The van der Waals surface area contributed by atoms with Crippen molar-refractivity contribution in [2.45, 2.75) is 19.8 Å². The van der Waals surface area contributed by atoms with Crippen LogP contribution in [-0.2, 0) is 4.79 Å². The minimum atomic E-state index is -0.405. The van der Waals surface area contributed by atoms with Crippen molar-refractivity contribution < 1.29 is 14.3 Å². The molecule has 1 aromatic carbocycles. The summed E-state index contributed by atoms with van der Waals surface area (Å²) < 4.78 is 10.5. The van der Waals surface area contributed by atoms with Crippen LogP contribution in [0.2, 0.25) is 5.02 Å². The Morgan fingerprint density at radius 2 is 2.15 bits per heavy atom. The first-order chi connectivity index (χ1) is 9.58. The first-order valence-electron chi connectivity index (χ1n) is 6.70. The van der Waals surface area contributed by atoms with Crippen molar-refractivity contribution in [1.82, 2.24) is 5.32 Å². The van der Waals surface area contributed by atoms with Crippen LogP contribution in [0.5, 0.6) is 11.5 Å². The lowest BCUT2D eigenvalue weighted by Gasteiger charge is -2.32. The quantitative estimate of drug-likeness (QED) is 0.880. The molecule has 20 heavy (non-hydrogen) atoms. The average molecular weight is 297 g/mol. The molecule has 0 radical (unpaired) electrons. The van der Waals surface area contributed by atoms with Crippen molar-refractivity contribution in [2.24, 2.45) is 5.41 Å². The number of amides is 1. The highest BCUT2D eigenvalue weighted by Gasteiger charge is 2.35. The Morgan fingerprint density at radius 1 is 1.40 bits per heavy atom. The molecular formula is C14H17ClN2O3. The molecule has 1 aromatic rings. The number of halogens is 1. The van der Waals surface area contributed by atoms with Crippen molar-refractivity contribution in [3.63, 3.8) is 0 Å². The van der Waals surface area contributed by atoms with Gasteiger partial charge in [-0.15, -0.1) is 0 Å². The average Bonchev–Trinajstić information content (AvgIpc) is 2.87. The Bertz CT molecular complexity index is 541. The van der Waals surface area contributed by atoms with Gasteiger partial charge in [0.25, 0.3) is 0 Å². The molecule has 1 saturated heterocycles. The molecule has 1 unspecified atom stereocenters. The summed E-state index contributed by atoms with van der Waals surface area (Å²) in [5.74, 6) is 1.20. The van der Waals surface area contributed by atoms with Crippen LogP contribution in [0.3, 0.4) is 0 Å². The number of carbonyl (C=O) groups is 1. The van der Waals surface area contributed by atoms with Crippen LogP contribution < -0.4 is 20.1 Å². The standard InChI is InChI=1S/C14H17ClN2O3/c1-14(3-2-4-16-7-14)13(18)17-10-6-12-11(5-9(10)15)19-8-20-12/h5-6,16H,2-4,7-8H2,1H3,(H,17,18). The lowest BCUT2D eigenvalue weighted by Crippen LogP contribution is -2.46. The van der Waals surface area contributed by atoms with Gasteiger partial charge in [0.15, 0.2) is 11.5 Å². The van der Waals surface area contributed by atoms with Gasteiger partial charge < -0.3 is 20.1 Å². The van der Waals surface area contributed by atoms with Gasteiger partial charge in [0.05, 0.1) is 16.1 Å². The zero-order chi connectivity index (χ0) is 14.2. The van der Waals surface area contributed by atoms with E-state index in [1.165, 1.54) is 0 Å². The summed E-state index contributed by atoms with van der Waals surface area (Å²) in [5, 5.41) is 6.62. The summed E-state index contributed by atoms with van der Waals surface area (Å²) in [6.07, 6.45) is 1.87. The highest BCUT2D eigenvalue weighted by molar-refractivity contribution is 6.34. The van der Waals surface area contributed by atoms with E-state index < -0.39 is 5.41 Å². The van der Waals surface area contributed by atoms with Gasteiger partial charge in [-0.05, 0) is 26.3 Å². The molecule has 2 N–H and O–H groups in total. The largest absolute Gasteiger partial charge is 0.454 e. The van der Waals surface area contributed by atoms with E-state index in [0.717, 1.165) is 19.4 Å². The summed E-state index contributed by atoms with van der Waals surface area (Å²) in [5.41, 5.74) is 0.158. The minimum Gasteiger partial charge on any atom is -0.454 e. The van der Waals surface area contributed by atoms with Crippen LogP contribution in [-0.4, -0.2) is 25.8 Å². The monoisotopic (exact) mass is 296 g/mol. The van der Waals surface area contributed by atoms with E-state index in [1.807, 2.05) is 6.92 Å². The summed E-state index contributed by atoms with van der Waals surface area (Å²) in [7, 11) is 0. The van der Waals surface area contributed by atoms with E-state index in [0.29, 0.717) is 28.8 Å². The molecule has 0 spiro atoms. The number of carbonyl (C=O) groups excluding carboxylic acids is 1. The normalized spacial score (nSPS) is 24.5. The second kappa shape index (κ2) is 5.14. The van der Waals surface area contributed by atoms with Crippen LogP contribution in [0.4, 0.5) is 5.69 Å². The fourth-order valence-corrected chi connectivity index (χ4v) is 2.74. The molecule has 1 fully saturated rings. The highest BCUT2D eigenvalue weighted by Crippen LogP contribution is 2.40. The number of nitrogens with one attached hydrogen (secondary N) is 2. The molecule has 2 heterocycles. The zero-order valence-electron chi connectivity index (χ0n) is 11.3. The number of piperidine rings is 1. The van der Waals surface area contributed by atoms with Gasteiger partial charge >= 0.3 is 0 Å². The molecule has 0 saturated carbocycles. The topological polar surface area (TPSA) is 59.6 Å². The van der Waals surface area contributed by atoms with Crippen LogP contribution in [0.1, 0.15) is 19.8 Å². The zero-order valence-corrected chi connectivity index (χ0v) is 12.0. The third kappa shape index (κ3) is 2.43. The van der Waals surface area contributed by atoms with Crippen molar-refractivity contribution in [3.8, 4) is 11.5 Å². The second-order valence-corrected chi connectivity index (χ2v) is 5.89. The Labute approximate surface area is 122 Å². The van der Waals surface area contributed by atoms with Gasteiger partial charge in [0.2, 0.25) is 12.7 Å². The Kier molecular flexibility index (Phi) is 3.48. The maximum Gasteiger partial charge on any atom is 0.231 e. The van der Waals surface area contributed by atoms with E-state index in [9.17, 15) is 4.79 Å². The lowest BCUT2D eigenvalue weighted by molar-refractivity contribution is -0.125.